The van der Waals surface area contributed by atoms with Crippen LogP contribution in [0.3, 0.4) is 0 Å². The summed E-state index contributed by atoms with van der Waals surface area (Å²) in [5.74, 6) is 0.296. The normalized spacial score (nSPS) is 22.6. The van der Waals surface area contributed by atoms with E-state index in [0.29, 0.717) is 6.54 Å². The summed E-state index contributed by atoms with van der Waals surface area (Å²) < 4.78 is 0. The second-order valence-corrected chi connectivity index (χ2v) is 6.76. The lowest BCUT2D eigenvalue weighted by Crippen LogP contribution is -2.52. The van der Waals surface area contributed by atoms with Crippen LogP contribution in [0.2, 0.25) is 0 Å². The topological polar surface area (TPSA) is 72.5 Å². The van der Waals surface area contributed by atoms with Gasteiger partial charge in [-0.25, -0.2) is 5.10 Å². The molecule has 3 heterocycles. The first-order chi connectivity index (χ1) is 11.7. The van der Waals surface area contributed by atoms with Gasteiger partial charge in [0.15, 0.2) is 0 Å². The largest absolute Gasteiger partial charge is 0.369 e. The predicted molar refractivity (Wildman–Crippen MR) is 93.1 cm³/mol. The number of carbonyl (C=O) groups excluding carboxylic acids is 1. The molecule has 0 bridgehead atoms. The van der Waals surface area contributed by atoms with Crippen LogP contribution < -0.4 is 10.5 Å². The minimum Gasteiger partial charge on any atom is -0.369 e. The van der Waals surface area contributed by atoms with Crippen LogP contribution in [0, 0.1) is 5.92 Å². The number of carbonyl (C=O) groups is 1. The van der Waals surface area contributed by atoms with E-state index in [-0.39, 0.29) is 17.4 Å². The van der Waals surface area contributed by atoms with Crippen molar-refractivity contribution in [3.8, 4) is 0 Å². The van der Waals surface area contributed by atoms with Crippen LogP contribution in [-0.2, 0) is 4.79 Å². The van der Waals surface area contributed by atoms with Crippen molar-refractivity contribution in [1.29, 1.82) is 0 Å². The molecule has 0 aromatic carbocycles. The van der Waals surface area contributed by atoms with Gasteiger partial charge in [0.2, 0.25) is 5.91 Å². The molecule has 1 atom stereocenters. The molecule has 1 N–H and O–H groups in total. The lowest BCUT2D eigenvalue weighted by Gasteiger charge is -2.39. The first-order valence-electron chi connectivity index (χ1n) is 8.98. The molecule has 0 aliphatic carbocycles. The molecule has 2 aliphatic heterocycles. The molecule has 24 heavy (non-hydrogen) atoms. The smallest absolute Gasteiger partial charge is 0.266 e. The van der Waals surface area contributed by atoms with Crippen LogP contribution in [0.4, 0.5) is 5.69 Å². The minimum absolute atomic E-state index is 0.0239. The van der Waals surface area contributed by atoms with Gasteiger partial charge in [0.25, 0.3) is 5.56 Å². The Kier molecular flexibility index (Phi) is 5.50. The van der Waals surface area contributed by atoms with Gasteiger partial charge in [-0.1, -0.05) is 6.92 Å². The van der Waals surface area contributed by atoms with Crippen molar-refractivity contribution in [3.05, 3.63) is 22.6 Å². The summed E-state index contributed by atoms with van der Waals surface area (Å²) >= 11 is 0. The van der Waals surface area contributed by atoms with Crippen molar-refractivity contribution >= 4 is 11.6 Å². The quantitative estimate of drug-likeness (QED) is 0.871. The highest BCUT2D eigenvalue weighted by atomic mass is 16.2. The Morgan fingerprint density at radius 1 is 1.29 bits per heavy atom. The van der Waals surface area contributed by atoms with E-state index in [9.17, 15) is 9.59 Å². The third-order valence-corrected chi connectivity index (χ3v) is 5.01. The van der Waals surface area contributed by atoms with Gasteiger partial charge < -0.3 is 9.80 Å². The second-order valence-electron chi connectivity index (χ2n) is 6.76. The SMILES string of the molecule is CCCN1CCN(C(=O)C2CCCN(c3cn[nH]c(=O)c3)C2)CC1. The van der Waals surface area contributed by atoms with Crippen LogP contribution in [0.5, 0.6) is 0 Å². The minimum atomic E-state index is -0.201. The first-order valence-corrected chi connectivity index (χ1v) is 8.98. The van der Waals surface area contributed by atoms with Crippen LogP contribution in [0.15, 0.2) is 17.1 Å². The number of H-pyrrole nitrogens is 1. The molecule has 1 amide bonds. The maximum atomic E-state index is 12.9. The zero-order valence-corrected chi connectivity index (χ0v) is 14.4. The number of nitrogens with one attached hydrogen (secondary N) is 1. The van der Waals surface area contributed by atoms with E-state index in [1.165, 1.54) is 0 Å². The van der Waals surface area contributed by atoms with Crippen LogP contribution in [0.1, 0.15) is 26.2 Å². The molecular weight excluding hydrogens is 306 g/mol. The Labute approximate surface area is 142 Å². The first kappa shape index (κ1) is 17.0. The average molecular weight is 333 g/mol. The molecule has 7 nitrogen and oxygen atoms in total. The third kappa shape index (κ3) is 3.95. The van der Waals surface area contributed by atoms with Gasteiger partial charge in [-0.15, -0.1) is 0 Å². The molecule has 7 heteroatoms. The zero-order chi connectivity index (χ0) is 16.9. The molecule has 1 aromatic rings. The van der Waals surface area contributed by atoms with E-state index >= 15 is 0 Å². The fraction of sp³-hybridized carbons (Fsp3) is 0.706. The van der Waals surface area contributed by atoms with Gasteiger partial charge >= 0.3 is 0 Å². The predicted octanol–water partition coefficient (Wildman–Crippen LogP) is 0.541. The zero-order valence-electron chi connectivity index (χ0n) is 14.4. The van der Waals surface area contributed by atoms with Crippen LogP contribution >= 0.6 is 0 Å². The van der Waals surface area contributed by atoms with Gasteiger partial charge in [0.05, 0.1) is 17.8 Å². The Morgan fingerprint density at radius 2 is 2.08 bits per heavy atom. The number of aromatic nitrogens is 2. The Bertz CT molecular complexity index is 609. The molecule has 1 unspecified atom stereocenters. The molecule has 1 aromatic heterocycles. The van der Waals surface area contributed by atoms with E-state index in [0.717, 1.165) is 64.2 Å². The highest BCUT2D eigenvalue weighted by Crippen LogP contribution is 2.23. The van der Waals surface area contributed by atoms with Gasteiger partial charge in [-0.2, -0.15) is 5.10 Å². The molecule has 0 saturated carbocycles. The fourth-order valence-corrected chi connectivity index (χ4v) is 3.72. The second kappa shape index (κ2) is 7.79. The molecule has 2 saturated heterocycles. The number of aromatic amines is 1. The van der Waals surface area contributed by atoms with Gasteiger partial charge in [-0.3, -0.25) is 14.5 Å². The summed E-state index contributed by atoms with van der Waals surface area (Å²) in [6.07, 6.45) is 4.73. The summed E-state index contributed by atoms with van der Waals surface area (Å²) in [4.78, 5) is 30.9. The number of piperidine rings is 1. The number of hydrogen-bond donors (Lipinski definition) is 1. The van der Waals surface area contributed by atoms with Crippen molar-refractivity contribution in [3.63, 3.8) is 0 Å². The summed E-state index contributed by atoms with van der Waals surface area (Å²) in [5.41, 5.74) is 0.608. The summed E-state index contributed by atoms with van der Waals surface area (Å²) in [6, 6.07) is 1.56. The maximum absolute atomic E-state index is 12.9. The lowest BCUT2D eigenvalue weighted by molar-refractivity contribution is -0.137. The highest BCUT2D eigenvalue weighted by molar-refractivity contribution is 5.80. The van der Waals surface area contributed by atoms with Gasteiger partial charge in [0.1, 0.15) is 0 Å². The van der Waals surface area contributed by atoms with E-state index < -0.39 is 0 Å². The van der Waals surface area contributed by atoms with Gasteiger partial charge in [-0.05, 0) is 25.8 Å². The van der Waals surface area contributed by atoms with Crippen molar-refractivity contribution in [1.82, 2.24) is 20.0 Å². The van der Waals surface area contributed by atoms with Crippen molar-refractivity contribution in [2.75, 3.05) is 50.7 Å². The molecule has 0 spiro atoms. The molecule has 132 valence electrons. The Morgan fingerprint density at radius 3 is 2.79 bits per heavy atom. The third-order valence-electron chi connectivity index (χ3n) is 5.01. The molecule has 2 aliphatic rings. The van der Waals surface area contributed by atoms with Crippen molar-refractivity contribution in [2.45, 2.75) is 26.2 Å². The van der Waals surface area contributed by atoms with E-state index in [4.69, 9.17) is 0 Å². The Balaban J connectivity index is 1.58. The van der Waals surface area contributed by atoms with Crippen LogP contribution in [-0.4, -0.2) is 71.7 Å². The number of piperazine rings is 1. The van der Waals surface area contributed by atoms with E-state index in [1.54, 1.807) is 12.3 Å². The monoisotopic (exact) mass is 333 g/mol. The van der Waals surface area contributed by atoms with Crippen molar-refractivity contribution < 1.29 is 4.79 Å². The van der Waals surface area contributed by atoms with E-state index in [2.05, 4.69) is 26.9 Å². The van der Waals surface area contributed by atoms with Crippen LogP contribution in [0.25, 0.3) is 0 Å². The molecular formula is C17H27N5O2. The number of rotatable bonds is 4. The standard InChI is InChI=1S/C17H27N5O2/c1-2-5-20-7-9-21(10-8-20)17(24)14-4-3-6-22(13-14)15-11-16(23)19-18-12-15/h11-12,14H,2-10,13H2,1H3,(H,19,23). The molecule has 2 fully saturated rings. The summed E-state index contributed by atoms with van der Waals surface area (Å²) in [5, 5.41) is 6.26. The van der Waals surface area contributed by atoms with Crippen molar-refractivity contribution in [2.24, 2.45) is 5.92 Å². The van der Waals surface area contributed by atoms with E-state index in [1.807, 2.05) is 4.90 Å². The summed E-state index contributed by atoms with van der Waals surface area (Å²) in [7, 11) is 0. The Hall–Kier alpha value is -1.89. The fourth-order valence-electron chi connectivity index (χ4n) is 3.72. The lowest BCUT2D eigenvalue weighted by atomic mass is 9.96. The summed E-state index contributed by atoms with van der Waals surface area (Å²) in [6.45, 7) is 8.50. The van der Waals surface area contributed by atoms with Gasteiger partial charge in [0, 0.05) is 45.3 Å². The molecule has 3 rings (SSSR count). The highest BCUT2D eigenvalue weighted by Gasteiger charge is 2.31. The average Bonchev–Trinajstić information content (AvgIpc) is 2.62. The number of nitrogens with zero attached hydrogens (tertiary/aromatic N) is 4. The number of amides is 1. The number of anilines is 1. The maximum Gasteiger partial charge on any atom is 0.266 e. The number of hydrogen-bond acceptors (Lipinski definition) is 5. The molecule has 0 radical (unpaired) electrons.